The molecule has 2 aromatic carbocycles. The monoisotopic (exact) mass is 432 g/mol. The Balaban J connectivity index is 0.00000208. The third-order valence-corrected chi connectivity index (χ3v) is 3.95. The van der Waals surface area contributed by atoms with Gasteiger partial charge in [0.05, 0.1) is 18.2 Å². The lowest BCUT2D eigenvalue weighted by molar-refractivity contribution is 0.882. The van der Waals surface area contributed by atoms with Crippen LogP contribution in [0, 0.1) is 11.3 Å². The van der Waals surface area contributed by atoms with Crippen molar-refractivity contribution in [3.8, 4) is 6.07 Å². The molecule has 0 aliphatic carbocycles. The fourth-order valence-electron chi connectivity index (χ4n) is 2.86. The third kappa shape index (κ3) is 4.06. The summed E-state index contributed by atoms with van der Waals surface area (Å²) in [7, 11) is 0. The number of guanidine groups is 1. The Morgan fingerprint density at radius 2 is 2.08 bits per heavy atom. The first kappa shape index (κ1) is 18.3. The molecule has 5 heteroatoms. The number of anilines is 1. The highest BCUT2D eigenvalue weighted by Gasteiger charge is 2.22. The van der Waals surface area contributed by atoms with Crippen LogP contribution in [0.25, 0.3) is 0 Å². The second-order valence-corrected chi connectivity index (χ2v) is 5.51. The number of nitrogens with zero attached hydrogens (tertiary/aromatic N) is 3. The van der Waals surface area contributed by atoms with Crippen molar-refractivity contribution < 1.29 is 0 Å². The Morgan fingerprint density at radius 3 is 2.88 bits per heavy atom. The van der Waals surface area contributed by atoms with Crippen molar-refractivity contribution in [2.24, 2.45) is 4.99 Å². The first-order valence-corrected chi connectivity index (χ1v) is 7.94. The topological polar surface area (TPSA) is 51.4 Å². The Kier molecular flexibility index (Phi) is 6.62. The molecule has 1 heterocycles. The van der Waals surface area contributed by atoms with E-state index in [4.69, 9.17) is 10.3 Å². The lowest BCUT2D eigenvalue weighted by atomic mass is 10.1. The van der Waals surface area contributed by atoms with Crippen molar-refractivity contribution in [3.05, 3.63) is 65.2 Å². The Labute approximate surface area is 160 Å². The van der Waals surface area contributed by atoms with Gasteiger partial charge in [0.15, 0.2) is 5.96 Å². The number of aliphatic imine (C=N–C) groups is 1. The fourth-order valence-corrected chi connectivity index (χ4v) is 2.86. The molecule has 3 rings (SSSR count). The molecule has 1 aliphatic rings. The van der Waals surface area contributed by atoms with Crippen molar-refractivity contribution in [3.63, 3.8) is 0 Å². The van der Waals surface area contributed by atoms with Gasteiger partial charge in [-0.3, -0.25) is 0 Å². The van der Waals surface area contributed by atoms with E-state index in [9.17, 15) is 0 Å². The molecule has 2 aromatic rings. The van der Waals surface area contributed by atoms with E-state index in [1.54, 1.807) is 0 Å². The standard InChI is InChI=1S/C19H20N4.HI/c1-2-21-19(22-14-16-7-5-6-15(12-16)13-20)23-11-10-17-8-3-4-9-18(17)23;/h3-9,12H,2,10-11,14H2,1H3,(H,21,22);1H. The molecule has 0 aromatic heterocycles. The maximum Gasteiger partial charge on any atom is 0.198 e. The van der Waals surface area contributed by atoms with Crippen molar-refractivity contribution in [2.75, 3.05) is 18.0 Å². The van der Waals surface area contributed by atoms with E-state index in [0.29, 0.717) is 12.1 Å². The van der Waals surface area contributed by atoms with E-state index < -0.39 is 0 Å². The first-order valence-electron chi connectivity index (χ1n) is 7.94. The molecule has 0 spiro atoms. The summed E-state index contributed by atoms with van der Waals surface area (Å²) in [4.78, 5) is 7.01. The summed E-state index contributed by atoms with van der Waals surface area (Å²) in [6.45, 7) is 4.42. The van der Waals surface area contributed by atoms with Crippen LogP contribution < -0.4 is 10.2 Å². The second-order valence-electron chi connectivity index (χ2n) is 5.51. The zero-order valence-corrected chi connectivity index (χ0v) is 16.0. The molecule has 1 aliphatic heterocycles. The number of rotatable bonds is 3. The summed E-state index contributed by atoms with van der Waals surface area (Å²) < 4.78 is 0. The van der Waals surface area contributed by atoms with E-state index in [-0.39, 0.29) is 24.0 Å². The molecule has 0 fully saturated rings. The summed E-state index contributed by atoms with van der Waals surface area (Å²) in [6, 6.07) is 18.3. The molecular weight excluding hydrogens is 411 g/mol. The van der Waals surface area contributed by atoms with Crippen molar-refractivity contribution >= 4 is 35.6 Å². The summed E-state index contributed by atoms with van der Waals surface area (Å²) >= 11 is 0. The molecule has 0 saturated carbocycles. The minimum Gasteiger partial charge on any atom is -0.356 e. The molecule has 0 radical (unpaired) electrons. The van der Waals surface area contributed by atoms with Crippen LogP contribution in [0.4, 0.5) is 5.69 Å². The van der Waals surface area contributed by atoms with Crippen molar-refractivity contribution in [1.82, 2.24) is 5.32 Å². The van der Waals surface area contributed by atoms with Crippen LogP contribution in [0.2, 0.25) is 0 Å². The van der Waals surface area contributed by atoms with Gasteiger partial charge in [-0.15, -0.1) is 24.0 Å². The zero-order chi connectivity index (χ0) is 16.1. The van der Waals surface area contributed by atoms with Gasteiger partial charge in [0.2, 0.25) is 0 Å². The van der Waals surface area contributed by atoms with Gasteiger partial charge in [-0.2, -0.15) is 5.26 Å². The summed E-state index contributed by atoms with van der Waals surface area (Å²) in [5.41, 5.74) is 4.32. The van der Waals surface area contributed by atoms with Gasteiger partial charge >= 0.3 is 0 Å². The van der Waals surface area contributed by atoms with E-state index in [2.05, 4.69) is 47.5 Å². The number of fused-ring (bicyclic) bond motifs is 1. The molecule has 1 N–H and O–H groups in total. The molecule has 0 amide bonds. The fraction of sp³-hybridized carbons (Fsp3) is 0.263. The van der Waals surface area contributed by atoms with Gasteiger partial charge in [-0.05, 0) is 42.7 Å². The highest BCUT2D eigenvalue weighted by molar-refractivity contribution is 14.0. The maximum atomic E-state index is 9.00. The van der Waals surface area contributed by atoms with E-state index in [1.807, 2.05) is 24.3 Å². The molecule has 124 valence electrons. The predicted octanol–water partition coefficient (Wildman–Crippen LogP) is 3.70. The summed E-state index contributed by atoms with van der Waals surface area (Å²) in [5.74, 6) is 0.903. The number of benzene rings is 2. The van der Waals surface area contributed by atoms with Crippen molar-refractivity contribution in [2.45, 2.75) is 19.9 Å². The average molecular weight is 432 g/mol. The SMILES string of the molecule is CCNC(=NCc1cccc(C#N)c1)N1CCc2ccccc21.I. The van der Waals surface area contributed by atoms with Gasteiger partial charge in [-0.1, -0.05) is 30.3 Å². The number of nitrogens with one attached hydrogen (secondary N) is 1. The third-order valence-electron chi connectivity index (χ3n) is 3.95. The number of halogens is 1. The zero-order valence-electron chi connectivity index (χ0n) is 13.7. The lowest BCUT2D eigenvalue weighted by Crippen LogP contribution is -2.40. The lowest BCUT2D eigenvalue weighted by Gasteiger charge is -2.22. The van der Waals surface area contributed by atoms with Crippen molar-refractivity contribution in [1.29, 1.82) is 5.26 Å². The highest BCUT2D eigenvalue weighted by atomic mass is 127. The van der Waals surface area contributed by atoms with Gasteiger partial charge in [0.1, 0.15) is 0 Å². The molecule has 0 atom stereocenters. The van der Waals surface area contributed by atoms with Crippen LogP contribution in [-0.2, 0) is 13.0 Å². The smallest absolute Gasteiger partial charge is 0.198 e. The predicted molar refractivity (Wildman–Crippen MR) is 109 cm³/mol. The second kappa shape index (κ2) is 8.69. The first-order chi connectivity index (χ1) is 11.3. The molecule has 0 unspecified atom stereocenters. The molecule has 0 bridgehead atoms. The van der Waals surface area contributed by atoms with Gasteiger partial charge in [-0.25, -0.2) is 4.99 Å². The molecule has 0 saturated heterocycles. The van der Waals surface area contributed by atoms with Crippen LogP contribution in [0.15, 0.2) is 53.5 Å². The van der Waals surface area contributed by atoms with E-state index in [0.717, 1.165) is 31.0 Å². The number of para-hydroxylation sites is 1. The van der Waals surface area contributed by atoms with Gasteiger partial charge in [0, 0.05) is 18.8 Å². The minimum absolute atomic E-state index is 0. The number of nitriles is 1. The van der Waals surface area contributed by atoms with Crippen LogP contribution in [-0.4, -0.2) is 19.0 Å². The quantitative estimate of drug-likeness (QED) is 0.457. The summed E-state index contributed by atoms with van der Waals surface area (Å²) in [6.07, 6.45) is 1.05. The van der Waals surface area contributed by atoms with Crippen LogP contribution >= 0.6 is 24.0 Å². The number of hydrogen-bond acceptors (Lipinski definition) is 2. The van der Waals surface area contributed by atoms with Crippen LogP contribution in [0.3, 0.4) is 0 Å². The maximum absolute atomic E-state index is 9.00. The minimum atomic E-state index is 0. The van der Waals surface area contributed by atoms with Gasteiger partial charge < -0.3 is 10.2 Å². The normalized spacial score (nSPS) is 13.0. The average Bonchev–Trinajstić information content (AvgIpc) is 3.03. The van der Waals surface area contributed by atoms with E-state index in [1.165, 1.54) is 11.3 Å². The molecule has 24 heavy (non-hydrogen) atoms. The Bertz CT molecular complexity index is 764. The van der Waals surface area contributed by atoms with Crippen LogP contribution in [0.5, 0.6) is 0 Å². The molecule has 4 nitrogen and oxygen atoms in total. The van der Waals surface area contributed by atoms with Crippen LogP contribution in [0.1, 0.15) is 23.6 Å². The van der Waals surface area contributed by atoms with Gasteiger partial charge in [0.25, 0.3) is 0 Å². The van der Waals surface area contributed by atoms with E-state index >= 15 is 0 Å². The molecular formula is C19H21IN4. The number of hydrogen-bond donors (Lipinski definition) is 1. The largest absolute Gasteiger partial charge is 0.356 e. The Morgan fingerprint density at radius 1 is 1.25 bits per heavy atom. The highest BCUT2D eigenvalue weighted by Crippen LogP contribution is 2.27. The Hall–Kier alpha value is -2.07. The summed E-state index contributed by atoms with van der Waals surface area (Å²) in [5, 5.41) is 12.4.